The zero-order valence-electron chi connectivity index (χ0n) is 11.4. The molecule has 0 saturated carbocycles. The second-order valence-corrected chi connectivity index (χ2v) is 4.56. The van der Waals surface area contributed by atoms with Gasteiger partial charge in [0.1, 0.15) is 5.82 Å². The van der Waals surface area contributed by atoms with E-state index in [2.05, 4.69) is 10.6 Å². The second-order valence-electron chi connectivity index (χ2n) is 4.56. The van der Waals surface area contributed by atoms with E-state index in [1.807, 2.05) is 13.8 Å². The van der Waals surface area contributed by atoms with Crippen molar-refractivity contribution in [2.75, 3.05) is 18.4 Å². The van der Waals surface area contributed by atoms with Crippen molar-refractivity contribution >= 4 is 11.6 Å². The van der Waals surface area contributed by atoms with Gasteiger partial charge in [0.15, 0.2) is 0 Å². The number of hydrogen-bond donors (Lipinski definition) is 3. The van der Waals surface area contributed by atoms with Crippen molar-refractivity contribution in [1.29, 1.82) is 0 Å². The molecule has 5 heteroatoms. The number of halogens is 1. The molecule has 0 spiro atoms. The Balaban J connectivity index is 2.39. The molecule has 1 amide bonds. The smallest absolute Gasteiger partial charge is 0.238 e. The number of anilines is 1. The Kier molecular flexibility index (Phi) is 5.92. The molecule has 0 bridgehead atoms. The van der Waals surface area contributed by atoms with Crippen LogP contribution in [0.1, 0.15) is 26.7 Å². The molecule has 19 heavy (non-hydrogen) atoms. The van der Waals surface area contributed by atoms with E-state index in [4.69, 9.17) is 0 Å². The standard InChI is InChI=1S/C14H21FN2O2/c1-3-14(19,4-2)10-16-9-13(18)17-12-8-6-5-7-11(12)15/h5-8,16,19H,3-4,9-10H2,1-2H3,(H,17,18). The van der Waals surface area contributed by atoms with Crippen molar-refractivity contribution < 1.29 is 14.3 Å². The minimum absolute atomic E-state index is 0.0383. The summed E-state index contributed by atoms with van der Waals surface area (Å²) in [6.07, 6.45) is 1.23. The van der Waals surface area contributed by atoms with Crippen LogP contribution in [-0.4, -0.2) is 29.7 Å². The molecule has 0 aromatic heterocycles. The summed E-state index contributed by atoms with van der Waals surface area (Å²) >= 11 is 0. The highest BCUT2D eigenvalue weighted by atomic mass is 19.1. The fraction of sp³-hybridized carbons (Fsp3) is 0.500. The molecule has 1 rings (SSSR count). The number of nitrogens with one attached hydrogen (secondary N) is 2. The lowest BCUT2D eigenvalue weighted by atomic mass is 9.98. The van der Waals surface area contributed by atoms with Crippen molar-refractivity contribution in [3.05, 3.63) is 30.1 Å². The molecule has 1 aromatic carbocycles. The van der Waals surface area contributed by atoms with Crippen LogP contribution in [0.4, 0.5) is 10.1 Å². The van der Waals surface area contributed by atoms with Gasteiger partial charge in [-0.05, 0) is 25.0 Å². The lowest BCUT2D eigenvalue weighted by Crippen LogP contribution is -2.42. The fourth-order valence-electron chi connectivity index (χ4n) is 1.67. The Morgan fingerprint density at radius 2 is 1.95 bits per heavy atom. The van der Waals surface area contributed by atoms with Gasteiger partial charge in [0.25, 0.3) is 0 Å². The lowest BCUT2D eigenvalue weighted by Gasteiger charge is -2.25. The summed E-state index contributed by atoms with van der Waals surface area (Å²) in [5.41, 5.74) is -0.631. The molecule has 0 atom stereocenters. The minimum Gasteiger partial charge on any atom is -0.389 e. The number of carbonyl (C=O) groups is 1. The molecular formula is C14H21FN2O2. The first-order chi connectivity index (χ1) is 9.00. The normalized spacial score (nSPS) is 11.4. The van der Waals surface area contributed by atoms with Gasteiger partial charge >= 0.3 is 0 Å². The Hall–Kier alpha value is -1.46. The van der Waals surface area contributed by atoms with Crippen LogP contribution in [0.25, 0.3) is 0 Å². The highest BCUT2D eigenvalue weighted by molar-refractivity contribution is 5.92. The van der Waals surface area contributed by atoms with E-state index in [1.54, 1.807) is 12.1 Å². The highest BCUT2D eigenvalue weighted by Gasteiger charge is 2.21. The van der Waals surface area contributed by atoms with Gasteiger partial charge in [0, 0.05) is 6.54 Å². The summed E-state index contributed by atoms with van der Waals surface area (Å²) < 4.78 is 13.3. The summed E-state index contributed by atoms with van der Waals surface area (Å²) in [7, 11) is 0. The van der Waals surface area contributed by atoms with E-state index in [0.29, 0.717) is 19.4 Å². The van der Waals surface area contributed by atoms with E-state index < -0.39 is 11.4 Å². The molecule has 0 saturated heterocycles. The maximum atomic E-state index is 13.3. The molecule has 106 valence electrons. The van der Waals surface area contributed by atoms with Crippen molar-refractivity contribution in [3.8, 4) is 0 Å². The molecule has 0 fully saturated rings. The molecule has 0 unspecified atom stereocenters. The molecule has 0 aliphatic carbocycles. The van der Waals surface area contributed by atoms with Gasteiger partial charge in [0.2, 0.25) is 5.91 Å². The van der Waals surface area contributed by atoms with Crippen molar-refractivity contribution in [2.24, 2.45) is 0 Å². The molecular weight excluding hydrogens is 247 g/mol. The Labute approximate surface area is 113 Å². The van der Waals surface area contributed by atoms with Gasteiger partial charge in [-0.1, -0.05) is 26.0 Å². The monoisotopic (exact) mass is 268 g/mol. The van der Waals surface area contributed by atoms with Gasteiger partial charge in [-0.2, -0.15) is 0 Å². The van der Waals surface area contributed by atoms with Crippen LogP contribution in [-0.2, 0) is 4.79 Å². The van der Waals surface area contributed by atoms with Gasteiger partial charge in [-0.25, -0.2) is 4.39 Å². The maximum absolute atomic E-state index is 13.3. The molecule has 4 nitrogen and oxygen atoms in total. The van der Waals surface area contributed by atoms with Crippen LogP contribution < -0.4 is 10.6 Å². The zero-order chi connectivity index (χ0) is 14.3. The number of amides is 1. The summed E-state index contributed by atoms with van der Waals surface area (Å²) in [5, 5.41) is 15.4. The van der Waals surface area contributed by atoms with Crippen LogP contribution in [0.3, 0.4) is 0 Å². The number of carbonyl (C=O) groups excluding carboxylic acids is 1. The predicted octanol–water partition coefficient (Wildman–Crippen LogP) is 1.90. The highest BCUT2D eigenvalue weighted by Crippen LogP contribution is 2.13. The maximum Gasteiger partial charge on any atom is 0.238 e. The molecule has 0 radical (unpaired) electrons. The first-order valence-electron chi connectivity index (χ1n) is 6.48. The van der Waals surface area contributed by atoms with Crippen molar-refractivity contribution in [2.45, 2.75) is 32.3 Å². The summed E-state index contributed by atoms with van der Waals surface area (Å²) in [6, 6.07) is 6.00. The summed E-state index contributed by atoms with van der Waals surface area (Å²) in [5.74, 6) is -0.797. The van der Waals surface area contributed by atoms with E-state index in [0.717, 1.165) is 0 Å². The first-order valence-corrected chi connectivity index (χ1v) is 6.48. The molecule has 3 N–H and O–H groups in total. The van der Waals surface area contributed by atoms with Crippen molar-refractivity contribution in [1.82, 2.24) is 5.32 Å². The third kappa shape index (κ3) is 4.96. The second kappa shape index (κ2) is 7.21. The first kappa shape index (κ1) is 15.6. The van der Waals surface area contributed by atoms with Crippen LogP contribution in [0, 0.1) is 5.82 Å². The van der Waals surface area contributed by atoms with Crippen LogP contribution in [0.15, 0.2) is 24.3 Å². The van der Waals surface area contributed by atoms with Gasteiger partial charge < -0.3 is 15.7 Å². The van der Waals surface area contributed by atoms with Crippen LogP contribution in [0.5, 0.6) is 0 Å². The average Bonchev–Trinajstić information content (AvgIpc) is 2.41. The minimum atomic E-state index is -0.793. The lowest BCUT2D eigenvalue weighted by molar-refractivity contribution is -0.115. The van der Waals surface area contributed by atoms with E-state index in [1.165, 1.54) is 12.1 Å². The topological polar surface area (TPSA) is 61.4 Å². The molecule has 0 aliphatic rings. The summed E-state index contributed by atoms with van der Waals surface area (Å²) in [4.78, 5) is 11.6. The van der Waals surface area contributed by atoms with E-state index in [9.17, 15) is 14.3 Å². The molecule has 1 aromatic rings. The number of para-hydroxylation sites is 1. The number of aliphatic hydroxyl groups is 1. The predicted molar refractivity (Wildman–Crippen MR) is 73.4 cm³/mol. The van der Waals surface area contributed by atoms with E-state index >= 15 is 0 Å². The SMILES string of the molecule is CCC(O)(CC)CNCC(=O)Nc1ccccc1F. The van der Waals surface area contributed by atoms with Gasteiger partial charge in [0.05, 0.1) is 17.8 Å². The summed E-state index contributed by atoms with van der Waals surface area (Å²) in [6.45, 7) is 4.16. The number of rotatable bonds is 7. The largest absolute Gasteiger partial charge is 0.389 e. The number of hydrogen-bond acceptors (Lipinski definition) is 3. The van der Waals surface area contributed by atoms with Gasteiger partial charge in [-0.3, -0.25) is 4.79 Å². The third-order valence-corrected chi connectivity index (χ3v) is 3.20. The Bertz CT molecular complexity index is 420. The Morgan fingerprint density at radius 1 is 1.32 bits per heavy atom. The quantitative estimate of drug-likeness (QED) is 0.708. The average molecular weight is 268 g/mol. The van der Waals surface area contributed by atoms with Gasteiger partial charge in [-0.15, -0.1) is 0 Å². The fourth-order valence-corrected chi connectivity index (χ4v) is 1.67. The molecule has 0 heterocycles. The van der Waals surface area contributed by atoms with Crippen LogP contribution in [0.2, 0.25) is 0 Å². The zero-order valence-corrected chi connectivity index (χ0v) is 11.4. The van der Waals surface area contributed by atoms with Crippen LogP contribution >= 0.6 is 0 Å². The van der Waals surface area contributed by atoms with E-state index in [-0.39, 0.29) is 18.1 Å². The van der Waals surface area contributed by atoms with Crippen molar-refractivity contribution in [3.63, 3.8) is 0 Å². The Morgan fingerprint density at radius 3 is 2.53 bits per heavy atom. The third-order valence-electron chi connectivity index (χ3n) is 3.20. The molecule has 0 aliphatic heterocycles. The number of benzene rings is 1.